The van der Waals surface area contributed by atoms with Crippen LogP contribution in [0.3, 0.4) is 0 Å². The standard InChI is InChI=1S/C30H32F3NO3/c1-36-29(37-2)20-13-15-34(16-14-20)21-9-7-19(8-10-21)28-24-12-11-22(35)17-26(24)30(32,33)18-25(28)23-5-3-4-6-27(23)31/h3-12,17,20,25,28-29,35H,13-16,18H2,1-2H3/t25-,28-/m1/s1. The number of hydrogen-bond donors (Lipinski definition) is 1. The molecule has 0 radical (unpaired) electrons. The van der Waals surface area contributed by atoms with Gasteiger partial charge in [0.25, 0.3) is 5.92 Å². The zero-order valence-corrected chi connectivity index (χ0v) is 21.0. The van der Waals surface area contributed by atoms with E-state index in [1.807, 2.05) is 24.3 Å². The molecule has 0 amide bonds. The molecule has 1 heterocycles. The van der Waals surface area contributed by atoms with E-state index in [1.165, 1.54) is 12.1 Å². The summed E-state index contributed by atoms with van der Waals surface area (Å²) in [4.78, 5) is 2.30. The van der Waals surface area contributed by atoms with E-state index in [4.69, 9.17) is 9.47 Å². The Hall–Kier alpha value is -3.03. The number of ether oxygens (including phenoxy) is 2. The van der Waals surface area contributed by atoms with Gasteiger partial charge in [-0.25, -0.2) is 13.2 Å². The molecule has 7 heteroatoms. The molecular formula is C30H32F3NO3. The number of phenols is 1. The summed E-state index contributed by atoms with van der Waals surface area (Å²) >= 11 is 0. The molecule has 1 fully saturated rings. The molecule has 1 N–H and O–H groups in total. The number of anilines is 1. The van der Waals surface area contributed by atoms with Crippen LogP contribution in [0.15, 0.2) is 66.7 Å². The largest absolute Gasteiger partial charge is 0.508 e. The first-order valence-corrected chi connectivity index (χ1v) is 12.7. The number of benzene rings is 3. The number of alkyl halides is 2. The number of hydrogen-bond acceptors (Lipinski definition) is 4. The molecule has 1 aliphatic carbocycles. The Morgan fingerprint density at radius 2 is 1.59 bits per heavy atom. The van der Waals surface area contributed by atoms with Crippen molar-refractivity contribution in [3.05, 3.63) is 94.8 Å². The van der Waals surface area contributed by atoms with Crippen LogP contribution in [0, 0.1) is 11.7 Å². The minimum atomic E-state index is -3.19. The minimum Gasteiger partial charge on any atom is -0.508 e. The van der Waals surface area contributed by atoms with Crippen LogP contribution >= 0.6 is 0 Å². The van der Waals surface area contributed by atoms with Crippen LogP contribution in [0.25, 0.3) is 0 Å². The first-order valence-electron chi connectivity index (χ1n) is 12.7. The lowest BCUT2D eigenvalue weighted by molar-refractivity contribution is -0.141. The number of fused-ring (bicyclic) bond motifs is 1. The smallest absolute Gasteiger partial charge is 0.274 e. The third kappa shape index (κ3) is 4.94. The van der Waals surface area contributed by atoms with Crippen LogP contribution in [0.4, 0.5) is 18.9 Å². The van der Waals surface area contributed by atoms with Crippen molar-refractivity contribution < 1.29 is 27.8 Å². The number of methoxy groups -OCH3 is 2. The number of nitrogens with zero attached hydrogens (tertiary/aromatic N) is 1. The van der Waals surface area contributed by atoms with Crippen molar-refractivity contribution in [2.24, 2.45) is 5.92 Å². The monoisotopic (exact) mass is 511 g/mol. The average Bonchev–Trinajstić information content (AvgIpc) is 2.90. The Morgan fingerprint density at radius 3 is 2.24 bits per heavy atom. The molecule has 0 aromatic heterocycles. The van der Waals surface area contributed by atoms with Gasteiger partial charge in [0.2, 0.25) is 0 Å². The zero-order chi connectivity index (χ0) is 26.2. The van der Waals surface area contributed by atoms with E-state index in [1.54, 1.807) is 38.5 Å². The molecule has 37 heavy (non-hydrogen) atoms. The summed E-state index contributed by atoms with van der Waals surface area (Å²) in [6.45, 7) is 1.73. The molecule has 196 valence electrons. The molecule has 1 aliphatic heterocycles. The lowest BCUT2D eigenvalue weighted by atomic mass is 9.67. The van der Waals surface area contributed by atoms with Gasteiger partial charge in [0.05, 0.1) is 0 Å². The van der Waals surface area contributed by atoms with Crippen molar-refractivity contribution in [2.75, 3.05) is 32.2 Å². The maximum absolute atomic E-state index is 15.3. The van der Waals surface area contributed by atoms with Gasteiger partial charge >= 0.3 is 0 Å². The van der Waals surface area contributed by atoms with Gasteiger partial charge in [0.1, 0.15) is 11.6 Å². The van der Waals surface area contributed by atoms with Crippen LogP contribution < -0.4 is 4.90 Å². The predicted octanol–water partition coefficient (Wildman–Crippen LogP) is 6.78. The van der Waals surface area contributed by atoms with Crippen molar-refractivity contribution in [1.29, 1.82) is 0 Å². The summed E-state index contributed by atoms with van der Waals surface area (Å²) in [7, 11) is 3.32. The zero-order valence-electron chi connectivity index (χ0n) is 21.0. The van der Waals surface area contributed by atoms with Crippen molar-refractivity contribution in [2.45, 2.75) is 43.3 Å². The molecule has 2 aliphatic rings. The Bertz CT molecular complexity index is 1220. The fraction of sp³-hybridized carbons (Fsp3) is 0.400. The van der Waals surface area contributed by atoms with Crippen LogP contribution in [0.5, 0.6) is 5.75 Å². The predicted molar refractivity (Wildman–Crippen MR) is 137 cm³/mol. The Balaban J connectivity index is 1.47. The lowest BCUT2D eigenvalue weighted by Crippen LogP contribution is -2.39. The van der Waals surface area contributed by atoms with Gasteiger partial charge in [0.15, 0.2) is 6.29 Å². The number of aromatic hydroxyl groups is 1. The molecular weight excluding hydrogens is 479 g/mol. The van der Waals surface area contributed by atoms with Crippen molar-refractivity contribution in [3.63, 3.8) is 0 Å². The second-order valence-corrected chi connectivity index (χ2v) is 10.0. The maximum atomic E-state index is 15.3. The highest BCUT2D eigenvalue weighted by atomic mass is 19.3. The van der Waals surface area contributed by atoms with E-state index in [-0.39, 0.29) is 23.2 Å². The first-order chi connectivity index (χ1) is 17.8. The van der Waals surface area contributed by atoms with E-state index in [2.05, 4.69) is 4.90 Å². The van der Waals surface area contributed by atoms with Crippen molar-refractivity contribution >= 4 is 5.69 Å². The summed E-state index contributed by atoms with van der Waals surface area (Å²) in [5, 5.41) is 9.95. The van der Waals surface area contributed by atoms with E-state index >= 15 is 8.78 Å². The van der Waals surface area contributed by atoms with Gasteiger partial charge in [-0.05, 0) is 59.9 Å². The van der Waals surface area contributed by atoms with Gasteiger partial charge in [-0.1, -0.05) is 36.4 Å². The summed E-state index contributed by atoms with van der Waals surface area (Å²) in [5.41, 5.74) is 2.40. The van der Waals surface area contributed by atoms with Crippen LogP contribution in [-0.4, -0.2) is 38.7 Å². The Labute approximate surface area is 215 Å². The molecule has 5 rings (SSSR count). The van der Waals surface area contributed by atoms with Crippen molar-refractivity contribution in [3.8, 4) is 5.75 Å². The molecule has 4 nitrogen and oxygen atoms in total. The topological polar surface area (TPSA) is 41.9 Å². The molecule has 1 saturated heterocycles. The molecule has 0 spiro atoms. The molecule has 0 unspecified atom stereocenters. The van der Waals surface area contributed by atoms with Crippen molar-refractivity contribution in [1.82, 2.24) is 0 Å². The number of phenolic OH excluding ortho intramolecular Hbond substituents is 1. The average molecular weight is 512 g/mol. The summed E-state index contributed by atoms with van der Waals surface area (Å²) in [6.07, 6.45) is 1.14. The van der Waals surface area contributed by atoms with E-state index < -0.39 is 30.0 Å². The highest BCUT2D eigenvalue weighted by molar-refractivity contribution is 5.53. The molecule has 0 saturated carbocycles. The highest BCUT2D eigenvalue weighted by Gasteiger charge is 2.47. The third-order valence-corrected chi connectivity index (χ3v) is 7.96. The van der Waals surface area contributed by atoms with Gasteiger partial charge in [-0.15, -0.1) is 0 Å². The summed E-state index contributed by atoms with van der Waals surface area (Å²) in [5.74, 6) is -4.77. The Morgan fingerprint density at radius 1 is 0.919 bits per heavy atom. The Kier molecular flexibility index (Phi) is 7.19. The number of rotatable bonds is 6. The summed E-state index contributed by atoms with van der Waals surface area (Å²) < 4.78 is 56.4. The van der Waals surface area contributed by atoms with Gasteiger partial charge in [0, 0.05) is 62.7 Å². The van der Waals surface area contributed by atoms with E-state index in [0.717, 1.165) is 43.2 Å². The lowest BCUT2D eigenvalue weighted by Gasteiger charge is -2.39. The van der Waals surface area contributed by atoms with Gasteiger partial charge in [-0.2, -0.15) is 0 Å². The van der Waals surface area contributed by atoms with Crippen LogP contribution in [0.2, 0.25) is 0 Å². The number of halogens is 3. The highest BCUT2D eigenvalue weighted by Crippen LogP contribution is 2.55. The van der Waals surface area contributed by atoms with Crippen LogP contribution in [-0.2, 0) is 15.4 Å². The SMILES string of the molecule is COC(OC)C1CCN(c2ccc([C@@H]3c4ccc(O)cc4C(F)(F)C[C@@H]3c3ccccc3F)cc2)CC1. The second-order valence-electron chi connectivity index (χ2n) is 10.0. The fourth-order valence-electron chi connectivity index (χ4n) is 6.13. The van der Waals surface area contributed by atoms with Gasteiger partial charge in [-0.3, -0.25) is 0 Å². The number of piperidine rings is 1. The van der Waals surface area contributed by atoms with E-state index in [9.17, 15) is 9.50 Å². The fourth-order valence-corrected chi connectivity index (χ4v) is 6.13. The third-order valence-electron chi connectivity index (χ3n) is 7.96. The summed E-state index contributed by atoms with van der Waals surface area (Å²) in [6, 6.07) is 18.3. The second kappa shape index (κ2) is 10.4. The minimum absolute atomic E-state index is 0.193. The maximum Gasteiger partial charge on any atom is 0.274 e. The molecule has 0 bridgehead atoms. The quantitative estimate of drug-likeness (QED) is 0.371. The van der Waals surface area contributed by atoms with Crippen LogP contribution in [0.1, 0.15) is 53.4 Å². The molecule has 2 atom stereocenters. The first kappa shape index (κ1) is 25.6. The van der Waals surface area contributed by atoms with Gasteiger partial charge < -0.3 is 19.5 Å². The molecule has 3 aromatic carbocycles. The van der Waals surface area contributed by atoms with E-state index in [0.29, 0.717) is 11.5 Å². The molecule has 3 aromatic rings. The normalized spacial score (nSPS) is 21.7.